The number of amidine groups is 1. The highest BCUT2D eigenvalue weighted by molar-refractivity contribution is 6.04. The Kier molecular flexibility index (Phi) is 8.71. The highest BCUT2D eigenvalue weighted by Crippen LogP contribution is 2.32. The Morgan fingerprint density at radius 3 is 2.56 bits per heavy atom. The maximum absolute atomic E-state index is 15.9. The molecular formula is C33H39FN6O5. The Bertz CT molecular complexity index is 1770. The largest absolute Gasteiger partial charge is 0.388 e. The van der Waals surface area contributed by atoms with Gasteiger partial charge in [0.15, 0.2) is 5.84 Å². The SMILES string of the molecule is CCCc1c(Cc2ccc(-c3ccccc3C3=NOC(O)N3)cc2F)c(=O)n([C@H]2CC[C@H](OCC(C)(C)O)CC2)c2ncnn12. The number of fused-ring (bicyclic) bond motifs is 1. The molecule has 4 aromatic rings. The van der Waals surface area contributed by atoms with Gasteiger partial charge in [0.25, 0.3) is 5.56 Å². The lowest BCUT2D eigenvalue weighted by molar-refractivity contribution is -0.0896. The summed E-state index contributed by atoms with van der Waals surface area (Å²) >= 11 is 0. The van der Waals surface area contributed by atoms with Gasteiger partial charge in [-0.15, -0.1) is 0 Å². The fraction of sp³-hybridized carbons (Fsp3) is 0.455. The molecule has 45 heavy (non-hydrogen) atoms. The number of nitrogens with one attached hydrogen (secondary N) is 1. The molecule has 1 saturated carbocycles. The first kappa shape index (κ1) is 30.9. The number of hydrogen-bond donors (Lipinski definition) is 3. The van der Waals surface area contributed by atoms with Crippen LogP contribution in [0.15, 0.2) is 58.7 Å². The molecule has 6 rings (SSSR count). The van der Waals surface area contributed by atoms with E-state index in [9.17, 15) is 15.0 Å². The second kappa shape index (κ2) is 12.7. The molecule has 238 valence electrons. The number of nitrogens with zero attached hydrogens (tertiary/aromatic N) is 5. The zero-order valence-electron chi connectivity index (χ0n) is 25.7. The van der Waals surface area contributed by atoms with Crippen molar-refractivity contribution in [3.63, 3.8) is 0 Å². The van der Waals surface area contributed by atoms with Gasteiger partial charge in [-0.3, -0.25) is 9.36 Å². The van der Waals surface area contributed by atoms with E-state index in [2.05, 4.69) is 20.6 Å². The van der Waals surface area contributed by atoms with Crippen LogP contribution in [0.4, 0.5) is 4.39 Å². The summed E-state index contributed by atoms with van der Waals surface area (Å²) in [6.07, 6.45) is 4.67. The lowest BCUT2D eigenvalue weighted by atomic mass is 9.92. The number of halogens is 1. The zero-order chi connectivity index (χ0) is 31.7. The van der Waals surface area contributed by atoms with Crippen molar-refractivity contribution in [2.24, 2.45) is 5.16 Å². The first-order valence-electron chi connectivity index (χ1n) is 15.5. The van der Waals surface area contributed by atoms with Gasteiger partial charge < -0.3 is 25.1 Å². The first-order valence-corrected chi connectivity index (χ1v) is 15.5. The van der Waals surface area contributed by atoms with Crippen LogP contribution in [0.5, 0.6) is 0 Å². The van der Waals surface area contributed by atoms with Crippen LogP contribution in [-0.2, 0) is 22.4 Å². The number of ether oxygens (including phenoxy) is 1. The highest BCUT2D eigenvalue weighted by Gasteiger charge is 2.29. The van der Waals surface area contributed by atoms with Gasteiger partial charge in [0.1, 0.15) is 12.1 Å². The van der Waals surface area contributed by atoms with Crippen molar-refractivity contribution in [2.75, 3.05) is 6.61 Å². The zero-order valence-corrected chi connectivity index (χ0v) is 25.7. The minimum Gasteiger partial charge on any atom is -0.388 e. The fourth-order valence-electron chi connectivity index (χ4n) is 6.26. The van der Waals surface area contributed by atoms with Crippen molar-refractivity contribution in [3.8, 4) is 11.1 Å². The van der Waals surface area contributed by atoms with Crippen molar-refractivity contribution in [3.05, 3.63) is 87.3 Å². The molecule has 3 heterocycles. The molecule has 1 aliphatic heterocycles. The quantitative estimate of drug-likeness (QED) is 0.242. The monoisotopic (exact) mass is 618 g/mol. The second-order valence-electron chi connectivity index (χ2n) is 12.4. The molecule has 0 spiro atoms. The third-order valence-electron chi connectivity index (χ3n) is 8.41. The van der Waals surface area contributed by atoms with Crippen LogP contribution in [0.25, 0.3) is 16.9 Å². The summed E-state index contributed by atoms with van der Waals surface area (Å²) in [6, 6.07) is 12.2. The van der Waals surface area contributed by atoms with E-state index >= 15 is 4.39 Å². The predicted octanol–water partition coefficient (Wildman–Crippen LogP) is 4.07. The van der Waals surface area contributed by atoms with E-state index in [0.717, 1.165) is 37.8 Å². The summed E-state index contributed by atoms with van der Waals surface area (Å²) in [5, 5.41) is 30.9. The van der Waals surface area contributed by atoms with Crippen LogP contribution in [-0.4, -0.2) is 59.9 Å². The van der Waals surface area contributed by atoms with Crippen LogP contribution in [0.3, 0.4) is 0 Å². The van der Waals surface area contributed by atoms with E-state index in [1.165, 1.54) is 12.4 Å². The van der Waals surface area contributed by atoms with E-state index in [-0.39, 0.29) is 30.7 Å². The Balaban J connectivity index is 1.32. The maximum Gasteiger partial charge on any atom is 0.304 e. The van der Waals surface area contributed by atoms with Crippen LogP contribution in [0.2, 0.25) is 0 Å². The molecule has 2 aromatic heterocycles. The number of hydrogen-bond acceptors (Lipinski definition) is 9. The van der Waals surface area contributed by atoms with Gasteiger partial charge in [0.2, 0.25) is 5.78 Å². The van der Waals surface area contributed by atoms with Crippen LogP contribution >= 0.6 is 0 Å². The predicted molar refractivity (Wildman–Crippen MR) is 166 cm³/mol. The third kappa shape index (κ3) is 6.49. The lowest BCUT2D eigenvalue weighted by Crippen LogP contribution is -2.36. The summed E-state index contributed by atoms with van der Waals surface area (Å²) in [5.41, 5.74) is 2.58. The number of aromatic nitrogens is 4. The minimum absolute atomic E-state index is 0.0166. The van der Waals surface area contributed by atoms with Crippen LogP contribution in [0.1, 0.15) is 81.3 Å². The Morgan fingerprint density at radius 2 is 1.89 bits per heavy atom. The van der Waals surface area contributed by atoms with E-state index in [1.54, 1.807) is 29.0 Å². The molecule has 0 bridgehead atoms. The number of rotatable bonds is 10. The van der Waals surface area contributed by atoms with E-state index in [4.69, 9.17) is 9.57 Å². The average Bonchev–Trinajstić information content (AvgIpc) is 3.68. The molecule has 12 heteroatoms. The molecule has 2 aromatic carbocycles. The smallest absolute Gasteiger partial charge is 0.304 e. The van der Waals surface area contributed by atoms with Gasteiger partial charge in [-0.2, -0.15) is 10.1 Å². The van der Waals surface area contributed by atoms with Crippen molar-refractivity contribution in [2.45, 2.75) is 89.9 Å². The molecule has 11 nitrogen and oxygen atoms in total. The number of aliphatic hydroxyl groups is 2. The molecule has 0 saturated heterocycles. The average molecular weight is 619 g/mol. The van der Waals surface area contributed by atoms with E-state index in [0.29, 0.717) is 45.9 Å². The number of aryl methyl sites for hydroxylation is 1. The molecule has 0 amide bonds. The fourth-order valence-corrected chi connectivity index (χ4v) is 6.26. The third-order valence-corrected chi connectivity index (χ3v) is 8.41. The standard InChI is InChI=1S/C33H39FN6O5/c1-4-7-28-26(16-21-11-10-20(17-27(21)34)24-8-5-6-9-25(24)29-37-32(42)45-38-29)30(41)39(31-35-19-36-40(28)31)22-12-14-23(15-13-22)44-18-33(2,3)43/h5-6,8-11,17,19,22-23,32,42-43H,4,7,12-16,18H2,1-3H3,(H,37,38)/t22-,23-,32?. The van der Waals surface area contributed by atoms with Gasteiger partial charge >= 0.3 is 6.41 Å². The Labute approximate surface area is 260 Å². The van der Waals surface area contributed by atoms with Gasteiger partial charge in [-0.1, -0.05) is 54.9 Å². The molecule has 3 N–H and O–H groups in total. The van der Waals surface area contributed by atoms with Crippen molar-refractivity contribution < 1.29 is 24.2 Å². The summed E-state index contributed by atoms with van der Waals surface area (Å²) in [5.74, 6) is 0.417. The van der Waals surface area contributed by atoms with Gasteiger partial charge in [0.05, 0.1) is 24.0 Å². The summed E-state index contributed by atoms with van der Waals surface area (Å²) in [7, 11) is 0. The maximum atomic E-state index is 15.9. The molecule has 1 atom stereocenters. The summed E-state index contributed by atoms with van der Waals surface area (Å²) < 4.78 is 25.3. The highest BCUT2D eigenvalue weighted by atomic mass is 19.1. The topological polar surface area (TPSA) is 136 Å². The molecule has 2 aliphatic rings. The van der Waals surface area contributed by atoms with Gasteiger partial charge in [-0.05, 0) is 68.7 Å². The lowest BCUT2D eigenvalue weighted by Gasteiger charge is -2.32. The normalized spacial score (nSPS) is 20.2. The molecule has 0 radical (unpaired) electrons. The number of oxime groups is 1. The number of aliphatic hydroxyl groups excluding tert-OH is 1. The summed E-state index contributed by atoms with van der Waals surface area (Å²) in [6.45, 7) is 5.73. The van der Waals surface area contributed by atoms with E-state index < -0.39 is 17.8 Å². The number of benzene rings is 2. The summed E-state index contributed by atoms with van der Waals surface area (Å²) in [4.78, 5) is 23.6. The Hall–Kier alpha value is -4.13. The van der Waals surface area contributed by atoms with Crippen LogP contribution in [0, 0.1) is 5.82 Å². The Morgan fingerprint density at radius 1 is 1.13 bits per heavy atom. The minimum atomic E-state index is -1.24. The van der Waals surface area contributed by atoms with Crippen LogP contribution < -0.4 is 10.9 Å². The second-order valence-corrected chi connectivity index (χ2v) is 12.4. The molecule has 1 aliphatic carbocycles. The van der Waals surface area contributed by atoms with Gasteiger partial charge in [-0.25, -0.2) is 8.91 Å². The first-order chi connectivity index (χ1) is 21.6. The van der Waals surface area contributed by atoms with Crippen molar-refractivity contribution >= 4 is 11.6 Å². The molecular weight excluding hydrogens is 579 g/mol. The molecule has 1 unspecified atom stereocenters. The van der Waals surface area contributed by atoms with Crippen molar-refractivity contribution in [1.82, 2.24) is 24.5 Å². The van der Waals surface area contributed by atoms with Gasteiger partial charge in [0, 0.05) is 23.6 Å². The molecule has 1 fully saturated rings. The van der Waals surface area contributed by atoms with Crippen molar-refractivity contribution in [1.29, 1.82) is 0 Å². The van der Waals surface area contributed by atoms with E-state index in [1.807, 2.05) is 37.3 Å².